The summed E-state index contributed by atoms with van der Waals surface area (Å²) in [7, 11) is 1.63. The maximum Gasteiger partial charge on any atom is 0.239 e. The summed E-state index contributed by atoms with van der Waals surface area (Å²) in [5.41, 5.74) is 3.18. The monoisotopic (exact) mass is 326 g/mol. The predicted octanol–water partition coefficient (Wildman–Crippen LogP) is 3.47. The van der Waals surface area contributed by atoms with E-state index in [0.717, 1.165) is 17.0 Å². The average Bonchev–Trinajstić information content (AvgIpc) is 2.90. The third-order valence-electron chi connectivity index (χ3n) is 3.62. The number of aliphatic imine (C=N–C) groups is 1. The molecule has 1 aliphatic heterocycles. The number of methoxy groups -OCH3 is 1. The molecule has 1 aliphatic rings. The third kappa shape index (κ3) is 3.93. The van der Waals surface area contributed by atoms with E-state index in [1.165, 1.54) is 17.3 Å². The Labute approximate surface area is 140 Å². The van der Waals surface area contributed by atoms with E-state index in [0.29, 0.717) is 11.6 Å². The number of amidine groups is 1. The second kappa shape index (κ2) is 6.87. The number of carbonyl (C=O) groups is 1. The van der Waals surface area contributed by atoms with Gasteiger partial charge < -0.3 is 10.1 Å². The van der Waals surface area contributed by atoms with E-state index in [-0.39, 0.29) is 11.2 Å². The van der Waals surface area contributed by atoms with E-state index < -0.39 is 0 Å². The molecule has 0 saturated carbocycles. The van der Waals surface area contributed by atoms with Gasteiger partial charge in [-0.05, 0) is 43.2 Å². The highest BCUT2D eigenvalue weighted by molar-refractivity contribution is 8.15. The minimum absolute atomic E-state index is 0.0165. The van der Waals surface area contributed by atoms with Crippen LogP contribution in [0.2, 0.25) is 0 Å². The summed E-state index contributed by atoms with van der Waals surface area (Å²) in [6.07, 6.45) is 0.707. The van der Waals surface area contributed by atoms with Gasteiger partial charge in [0.2, 0.25) is 5.91 Å². The zero-order valence-electron chi connectivity index (χ0n) is 13.1. The minimum Gasteiger partial charge on any atom is -0.497 e. The number of nitrogens with zero attached hydrogens (tertiary/aromatic N) is 1. The number of ether oxygens (including phenoxy) is 1. The Morgan fingerprint density at radius 3 is 2.48 bits per heavy atom. The number of carbonyl (C=O) groups excluding carboxylic acids is 1. The zero-order chi connectivity index (χ0) is 16.2. The van der Waals surface area contributed by atoms with Gasteiger partial charge in [0.15, 0.2) is 5.17 Å². The maximum absolute atomic E-state index is 12.1. The molecule has 1 amide bonds. The summed E-state index contributed by atoms with van der Waals surface area (Å²) in [5.74, 6) is 0.803. The Balaban J connectivity index is 1.68. The quantitative estimate of drug-likeness (QED) is 0.936. The Morgan fingerprint density at radius 2 is 1.83 bits per heavy atom. The van der Waals surface area contributed by atoms with Crippen LogP contribution in [0.5, 0.6) is 5.75 Å². The van der Waals surface area contributed by atoms with Crippen LogP contribution >= 0.6 is 11.8 Å². The van der Waals surface area contributed by atoms with Crippen molar-refractivity contribution in [2.75, 3.05) is 7.11 Å². The number of aryl methyl sites for hydroxylation is 1. The zero-order valence-corrected chi connectivity index (χ0v) is 13.9. The smallest absolute Gasteiger partial charge is 0.239 e. The van der Waals surface area contributed by atoms with Crippen molar-refractivity contribution in [1.82, 2.24) is 5.32 Å². The van der Waals surface area contributed by atoms with E-state index in [1.54, 1.807) is 7.11 Å². The van der Waals surface area contributed by atoms with E-state index in [2.05, 4.69) is 41.5 Å². The molecule has 0 aliphatic carbocycles. The van der Waals surface area contributed by atoms with Gasteiger partial charge in [-0.3, -0.25) is 4.79 Å². The van der Waals surface area contributed by atoms with Crippen LogP contribution < -0.4 is 10.1 Å². The lowest BCUT2D eigenvalue weighted by molar-refractivity contribution is -0.118. The number of amides is 1. The molecule has 0 radical (unpaired) electrons. The molecule has 2 aromatic carbocycles. The van der Waals surface area contributed by atoms with Gasteiger partial charge in [0.1, 0.15) is 5.75 Å². The summed E-state index contributed by atoms with van der Waals surface area (Å²) in [6.45, 7) is 2.06. The Hall–Kier alpha value is -2.27. The molecule has 1 N–H and O–H groups in total. The lowest BCUT2D eigenvalue weighted by atomic mass is 10.1. The van der Waals surface area contributed by atoms with Gasteiger partial charge in [0, 0.05) is 0 Å². The molecule has 1 fully saturated rings. The van der Waals surface area contributed by atoms with Gasteiger partial charge in [-0.25, -0.2) is 4.99 Å². The van der Waals surface area contributed by atoms with Crippen molar-refractivity contribution in [3.63, 3.8) is 0 Å². The van der Waals surface area contributed by atoms with Gasteiger partial charge >= 0.3 is 0 Å². The molecule has 23 heavy (non-hydrogen) atoms. The molecule has 1 heterocycles. The second-order valence-corrected chi connectivity index (χ2v) is 6.59. The van der Waals surface area contributed by atoms with Crippen molar-refractivity contribution in [3.05, 3.63) is 59.7 Å². The highest BCUT2D eigenvalue weighted by Gasteiger charge is 2.30. The second-order valence-electron chi connectivity index (χ2n) is 5.40. The summed E-state index contributed by atoms with van der Waals surface area (Å²) < 4.78 is 5.12. The van der Waals surface area contributed by atoms with Crippen LogP contribution in [0.3, 0.4) is 0 Å². The van der Waals surface area contributed by atoms with Gasteiger partial charge in [0.05, 0.1) is 18.0 Å². The molecule has 2 aromatic rings. The summed E-state index contributed by atoms with van der Waals surface area (Å²) in [6, 6.07) is 15.7. The standard InChI is InChI=1S/C18H18N2O2S/c1-12-3-5-13(6-4-12)11-16-17(21)20-18(23-16)19-14-7-9-15(22-2)10-8-14/h3-10,16H,11H2,1-2H3,(H,19,20,21). The van der Waals surface area contributed by atoms with Gasteiger partial charge in [-0.1, -0.05) is 41.6 Å². The fraction of sp³-hybridized carbons (Fsp3) is 0.222. The molecule has 0 spiro atoms. The van der Waals surface area contributed by atoms with Crippen molar-refractivity contribution in [1.29, 1.82) is 0 Å². The first kappa shape index (κ1) is 15.6. The average molecular weight is 326 g/mol. The molecule has 0 aromatic heterocycles. The molecule has 5 heteroatoms. The summed E-state index contributed by atoms with van der Waals surface area (Å²) >= 11 is 1.48. The van der Waals surface area contributed by atoms with Crippen LogP contribution in [-0.4, -0.2) is 23.4 Å². The van der Waals surface area contributed by atoms with Crippen LogP contribution in [0.4, 0.5) is 5.69 Å². The fourth-order valence-electron chi connectivity index (χ4n) is 2.30. The van der Waals surface area contributed by atoms with Crippen LogP contribution in [-0.2, 0) is 11.2 Å². The molecule has 4 nitrogen and oxygen atoms in total. The Bertz CT molecular complexity index is 724. The molecule has 0 bridgehead atoms. The van der Waals surface area contributed by atoms with Crippen molar-refractivity contribution in [2.45, 2.75) is 18.6 Å². The number of benzene rings is 2. The number of hydrogen-bond donors (Lipinski definition) is 1. The van der Waals surface area contributed by atoms with Crippen LogP contribution in [0, 0.1) is 6.92 Å². The molecule has 3 rings (SSSR count). The normalized spacial score (nSPS) is 19.0. The van der Waals surface area contributed by atoms with E-state index >= 15 is 0 Å². The van der Waals surface area contributed by atoms with Gasteiger partial charge in [-0.15, -0.1) is 0 Å². The molecular weight excluding hydrogens is 308 g/mol. The SMILES string of the molecule is COc1ccc(N=C2NC(=O)C(Cc3ccc(C)cc3)S2)cc1. The number of rotatable bonds is 4. The first-order valence-electron chi connectivity index (χ1n) is 7.40. The lowest BCUT2D eigenvalue weighted by Gasteiger charge is -2.05. The summed E-state index contributed by atoms with van der Waals surface area (Å²) in [5, 5.41) is 3.38. The molecule has 1 unspecified atom stereocenters. The predicted molar refractivity (Wildman–Crippen MR) is 94.5 cm³/mol. The topological polar surface area (TPSA) is 50.7 Å². The Morgan fingerprint density at radius 1 is 1.13 bits per heavy atom. The Kier molecular flexibility index (Phi) is 4.67. The maximum atomic E-state index is 12.1. The van der Waals surface area contributed by atoms with E-state index in [4.69, 9.17) is 4.74 Å². The van der Waals surface area contributed by atoms with Crippen molar-refractivity contribution in [3.8, 4) is 5.75 Å². The molecule has 118 valence electrons. The van der Waals surface area contributed by atoms with Crippen molar-refractivity contribution >= 4 is 28.5 Å². The molecule has 1 saturated heterocycles. The number of nitrogens with one attached hydrogen (secondary N) is 1. The minimum atomic E-state index is -0.130. The van der Waals surface area contributed by atoms with Crippen molar-refractivity contribution in [2.24, 2.45) is 4.99 Å². The molecular formula is C18H18N2O2S. The lowest BCUT2D eigenvalue weighted by Crippen LogP contribution is -2.25. The first-order valence-corrected chi connectivity index (χ1v) is 8.28. The fourth-order valence-corrected chi connectivity index (χ4v) is 3.33. The van der Waals surface area contributed by atoms with Gasteiger partial charge in [0.25, 0.3) is 0 Å². The number of thioether (sulfide) groups is 1. The van der Waals surface area contributed by atoms with Crippen LogP contribution in [0.1, 0.15) is 11.1 Å². The molecule has 1 atom stereocenters. The first-order chi connectivity index (χ1) is 11.1. The van der Waals surface area contributed by atoms with Crippen LogP contribution in [0.15, 0.2) is 53.5 Å². The van der Waals surface area contributed by atoms with E-state index in [1.807, 2.05) is 24.3 Å². The highest BCUT2D eigenvalue weighted by atomic mass is 32.2. The summed E-state index contributed by atoms with van der Waals surface area (Å²) in [4.78, 5) is 16.6. The van der Waals surface area contributed by atoms with E-state index in [9.17, 15) is 4.79 Å². The van der Waals surface area contributed by atoms with Gasteiger partial charge in [-0.2, -0.15) is 0 Å². The van der Waals surface area contributed by atoms with Crippen molar-refractivity contribution < 1.29 is 9.53 Å². The number of hydrogen-bond acceptors (Lipinski definition) is 4. The third-order valence-corrected chi connectivity index (χ3v) is 4.70. The highest BCUT2D eigenvalue weighted by Crippen LogP contribution is 2.26. The largest absolute Gasteiger partial charge is 0.497 e. The van der Waals surface area contributed by atoms with Crippen LogP contribution in [0.25, 0.3) is 0 Å².